The molecule has 6 heterocycles. The molecule has 8 rings (SSSR count). The van der Waals surface area contributed by atoms with Crippen LogP contribution in [-0.4, -0.2) is 79.7 Å². The number of ether oxygens (including phenoxy) is 2. The average Bonchev–Trinajstić information content (AvgIpc) is 4.01. The Hall–Kier alpha value is -5.21. The van der Waals surface area contributed by atoms with Crippen molar-refractivity contribution in [3.63, 3.8) is 0 Å². The summed E-state index contributed by atoms with van der Waals surface area (Å²) in [5.74, 6) is 1.33. The van der Waals surface area contributed by atoms with Crippen molar-refractivity contribution >= 4 is 61.2 Å². The Bertz CT molecular complexity index is 2370. The highest BCUT2D eigenvalue weighted by molar-refractivity contribution is 7.31. The molecule has 2 aromatic carbocycles. The fourth-order valence-corrected chi connectivity index (χ4v) is 10.1. The number of likely N-dealkylation sites (tertiary alicyclic amines) is 2. The third-order valence-electron chi connectivity index (χ3n) is 10.5. The van der Waals surface area contributed by atoms with Crippen LogP contribution >= 0.6 is 22.7 Å². The van der Waals surface area contributed by atoms with Crippen molar-refractivity contribution in [3.8, 4) is 32.1 Å². The summed E-state index contributed by atoms with van der Waals surface area (Å²) in [5, 5.41) is 2.72. The molecule has 3 N–H and O–H groups in total. The first-order valence-electron chi connectivity index (χ1n) is 19.2. The zero-order valence-corrected chi connectivity index (χ0v) is 34.1. The summed E-state index contributed by atoms with van der Waals surface area (Å²) < 4.78 is 12.9. The van der Waals surface area contributed by atoms with E-state index in [4.69, 9.17) is 14.5 Å². The molecule has 2 aliphatic rings. The summed E-state index contributed by atoms with van der Waals surface area (Å²) >= 11 is 3.55. The van der Waals surface area contributed by atoms with Crippen LogP contribution in [0, 0.1) is 5.92 Å². The number of hydrogen-bond acceptors (Lipinski definition) is 9. The molecule has 12 nitrogen and oxygen atoms in total. The Morgan fingerprint density at radius 3 is 2.12 bits per heavy atom. The van der Waals surface area contributed by atoms with Crippen molar-refractivity contribution in [1.29, 1.82) is 0 Å². The predicted octanol–water partition coefficient (Wildman–Crippen LogP) is 9.68. The third kappa shape index (κ3) is 7.51. The Kier molecular flexibility index (Phi) is 10.1. The third-order valence-corrected chi connectivity index (χ3v) is 12.9. The maximum absolute atomic E-state index is 13.6. The first kappa shape index (κ1) is 37.7. The van der Waals surface area contributed by atoms with Crippen LogP contribution in [0.3, 0.4) is 0 Å². The van der Waals surface area contributed by atoms with Crippen molar-refractivity contribution in [2.45, 2.75) is 84.0 Å². The Morgan fingerprint density at radius 1 is 0.839 bits per heavy atom. The van der Waals surface area contributed by atoms with E-state index in [9.17, 15) is 14.4 Å². The fourth-order valence-electron chi connectivity index (χ4n) is 7.71. The summed E-state index contributed by atoms with van der Waals surface area (Å²) in [7, 11) is 1.30. The van der Waals surface area contributed by atoms with Crippen LogP contribution in [-0.2, 0) is 14.3 Å². The number of aromatic nitrogens is 4. The molecule has 0 bridgehead atoms. The van der Waals surface area contributed by atoms with Crippen molar-refractivity contribution in [1.82, 2.24) is 35.1 Å². The van der Waals surface area contributed by atoms with Gasteiger partial charge in [-0.2, -0.15) is 0 Å². The molecular weight excluding hydrogens is 747 g/mol. The number of amides is 3. The number of imidazole rings is 2. The predicted molar refractivity (Wildman–Crippen MR) is 221 cm³/mol. The van der Waals surface area contributed by atoms with Gasteiger partial charge in [-0.3, -0.25) is 9.69 Å². The molecule has 3 amide bonds. The highest BCUT2D eigenvalue weighted by Crippen LogP contribution is 2.43. The van der Waals surface area contributed by atoms with Gasteiger partial charge in [-0.15, -0.1) is 22.7 Å². The van der Waals surface area contributed by atoms with Crippen LogP contribution < -0.4 is 5.32 Å². The summed E-state index contributed by atoms with van der Waals surface area (Å²) in [5.41, 5.74) is 5.46. The second-order valence-corrected chi connectivity index (χ2v) is 18.1. The molecule has 2 saturated heterocycles. The summed E-state index contributed by atoms with van der Waals surface area (Å²) in [6.07, 6.45) is 4.37. The Labute approximate surface area is 333 Å². The highest BCUT2D eigenvalue weighted by Gasteiger charge is 2.38. The molecule has 4 aromatic heterocycles. The van der Waals surface area contributed by atoms with Crippen LogP contribution in [0.4, 0.5) is 9.59 Å². The quantitative estimate of drug-likeness (QED) is 0.139. The second-order valence-electron chi connectivity index (χ2n) is 15.9. The number of fused-ring (bicyclic) bond motifs is 2. The highest BCUT2D eigenvalue weighted by atomic mass is 32.1. The molecule has 0 aliphatic carbocycles. The number of nitrogens with one attached hydrogen (secondary N) is 3. The van der Waals surface area contributed by atoms with Gasteiger partial charge in [0.1, 0.15) is 23.3 Å². The maximum atomic E-state index is 13.6. The van der Waals surface area contributed by atoms with Crippen molar-refractivity contribution in [2.24, 2.45) is 5.92 Å². The van der Waals surface area contributed by atoms with Gasteiger partial charge in [0.25, 0.3) is 0 Å². The second kappa shape index (κ2) is 15.0. The number of carbonyl (C=O) groups excluding carboxylic acids is 3. The molecule has 3 atom stereocenters. The molecule has 56 heavy (non-hydrogen) atoms. The minimum Gasteiger partial charge on any atom is -0.453 e. The van der Waals surface area contributed by atoms with E-state index < -0.39 is 17.7 Å². The van der Waals surface area contributed by atoms with Gasteiger partial charge in [0, 0.05) is 32.2 Å². The number of thiophene rings is 2. The van der Waals surface area contributed by atoms with E-state index in [-0.39, 0.29) is 30.0 Å². The van der Waals surface area contributed by atoms with Crippen LogP contribution in [0.25, 0.3) is 52.6 Å². The zero-order valence-electron chi connectivity index (χ0n) is 32.5. The van der Waals surface area contributed by atoms with E-state index in [1.807, 2.05) is 51.8 Å². The first-order chi connectivity index (χ1) is 26.8. The number of methoxy groups -OCH3 is 1. The summed E-state index contributed by atoms with van der Waals surface area (Å²) in [4.78, 5) is 61.0. The number of H-pyrrole nitrogens is 2. The van der Waals surface area contributed by atoms with Gasteiger partial charge in [-0.05, 0) is 93.3 Å². The standard InChI is InChI=1S/C42H47N7O5S2/c1-23(2)36(47-40(51)53-6)39(50)48-17-7-10-31(48)38-44-27-16-15-26(19-28(27)45-38)33-21-35-34(56-33)20-32(55-35)25-13-11-24(12-14-25)29-22-43-37(46-29)30-9-8-18-49(30)41(52)54-42(3,4)5/h11-16,19-23,30-31,36H,7-10,17-18H2,1-6H3,(H,43,46)(H,44,45)(H,47,51)/t30-,31?,36-/m0/s1. The topological polar surface area (TPSA) is 146 Å². The SMILES string of the molecule is COC(=O)N[C@H](C(=O)N1CCCC1c1nc2ccc(-c3cc4sc(-c5ccc(-c6cnc([C@@H]7CCCN7C(=O)OC(C)(C)C)[nH]6)cc5)cc4s3)cc2[nH]1)C(C)C. The summed E-state index contributed by atoms with van der Waals surface area (Å²) in [6, 6.07) is 18.3. The van der Waals surface area contributed by atoms with E-state index >= 15 is 0 Å². The van der Waals surface area contributed by atoms with E-state index in [1.54, 1.807) is 27.6 Å². The lowest BCUT2D eigenvalue weighted by Gasteiger charge is -2.29. The van der Waals surface area contributed by atoms with E-state index in [1.165, 1.54) is 26.3 Å². The molecule has 0 saturated carbocycles. The Morgan fingerprint density at radius 2 is 1.46 bits per heavy atom. The van der Waals surface area contributed by atoms with Gasteiger partial charge in [0.05, 0.1) is 42.1 Å². The zero-order chi connectivity index (χ0) is 39.3. The molecular formula is C42H47N7O5S2. The van der Waals surface area contributed by atoms with E-state index in [0.29, 0.717) is 13.1 Å². The Balaban J connectivity index is 0.954. The van der Waals surface area contributed by atoms with Crippen LogP contribution in [0.15, 0.2) is 60.8 Å². The molecule has 14 heteroatoms. The molecule has 6 aromatic rings. The van der Waals surface area contributed by atoms with Gasteiger partial charge >= 0.3 is 12.2 Å². The average molecular weight is 794 g/mol. The minimum absolute atomic E-state index is 0.0939. The fraction of sp³-hybridized carbons (Fsp3) is 0.405. The van der Waals surface area contributed by atoms with Gasteiger partial charge in [-0.25, -0.2) is 19.6 Å². The number of nitrogens with zero attached hydrogens (tertiary/aromatic N) is 4. The normalized spacial score (nSPS) is 18.0. The van der Waals surface area contributed by atoms with E-state index in [2.05, 4.69) is 68.8 Å². The lowest BCUT2D eigenvalue weighted by atomic mass is 10.0. The molecule has 0 radical (unpaired) electrons. The number of carbonyl (C=O) groups is 3. The van der Waals surface area contributed by atoms with Crippen molar-refractivity contribution in [3.05, 3.63) is 72.4 Å². The maximum Gasteiger partial charge on any atom is 0.410 e. The number of hydrogen-bond donors (Lipinski definition) is 3. The van der Waals surface area contributed by atoms with Crippen molar-refractivity contribution in [2.75, 3.05) is 20.2 Å². The van der Waals surface area contributed by atoms with Crippen molar-refractivity contribution < 1.29 is 23.9 Å². The lowest BCUT2D eigenvalue weighted by Crippen LogP contribution is -2.51. The number of aromatic amines is 2. The van der Waals surface area contributed by atoms with Gasteiger partial charge in [0.2, 0.25) is 5.91 Å². The molecule has 2 aliphatic heterocycles. The van der Waals surface area contributed by atoms with Gasteiger partial charge in [0.15, 0.2) is 0 Å². The molecule has 0 spiro atoms. The monoisotopic (exact) mass is 793 g/mol. The molecule has 1 unspecified atom stereocenters. The smallest absolute Gasteiger partial charge is 0.410 e. The van der Waals surface area contributed by atoms with Crippen LogP contribution in [0.2, 0.25) is 0 Å². The largest absolute Gasteiger partial charge is 0.453 e. The minimum atomic E-state index is -0.676. The number of alkyl carbamates (subject to hydrolysis) is 1. The van der Waals surface area contributed by atoms with Gasteiger partial charge in [-0.1, -0.05) is 44.2 Å². The van der Waals surface area contributed by atoms with Crippen LogP contribution in [0.5, 0.6) is 0 Å². The molecule has 2 fully saturated rings. The van der Waals surface area contributed by atoms with E-state index in [0.717, 1.165) is 70.7 Å². The summed E-state index contributed by atoms with van der Waals surface area (Å²) in [6.45, 7) is 10.8. The lowest BCUT2D eigenvalue weighted by molar-refractivity contribution is -0.135. The number of benzene rings is 2. The molecule has 292 valence electrons. The first-order valence-corrected chi connectivity index (χ1v) is 20.8. The van der Waals surface area contributed by atoms with Gasteiger partial charge < -0.3 is 29.7 Å². The number of rotatable bonds is 8. The van der Waals surface area contributed by atoms with Crippen LogP contribution in [0.1, 0.15) is 84.0 Å².